The molecule has 3 nitrogen and oxygen atoms in total. The van der Waals surface area contributed by atoms with Gasteiger partial charge in [-0.2, -0.15) is 0 Å². The fraction of sp³-hybridized carbons (Fsp3) is 0.556. The highest BCUT2D eigenvalue weighted by Crippen LogP contribution is 2.61. The quantitative estimate of drug-likeness (QED) is 0.746. The van der Waals surface area contributed by atoms with Crippen molar-refractivity contribution < 1.29 is 4.79 Å². The third-order valence-corrected chi connectivity index (χ3v) is 7.03. The third kappa shape index (κ3) is 1.73. The molecule has 2 heterocycles. The van der Waals surface area contributed by atoms with Crippen molar-refractivity contribution in [3.63, 3.8) is 0 Å². The van der Waals surface area contributed by atoms with Crippen LogP contribution in [-0.4, -0.2) is 15.7 Å². The Morgan fingerprint density at radius 1 is 1.18 bits per heavy atom. The van der Waals surface area contributed by atoms with E-state index in [1.807, 2.05) is 18.3 Å². The predicted molar refractivity (Wildman–Crippen MR) is 88.1 cm³/mol. The average Bonchev–Trinajstić information content (AvgIpc) is 2.83. The minimum atomic E-state index is 0.279. The van der Waals surface area contributed by atoms with Gasteiger partial charge in [0.1, 0.15) is 16.5 Å². The molecule has 0 atom stereocenters. The lowest BCUT2D eigenvalue weighted by Crippen LogP contribution is -2.48. The van der Waals surface area contributed by atoms with Gasteiger partial charge in [-0.1, -0.05) is 0 Å². The first-order valence-corrected chi connectivity index (χ1v) is 9.09. The summed E-state index contributed by atoms with van der Waals surface area (Å²) < 4.78 is 3.18. The Labute approximate surface area is 138 Å². The maximum atomic E-state index is 11.0. The number of imidazole rings is 1. The van der Waals surface area contributed by atoms with Crippen LogP contribution in [-0.2, 0) is 5.41 Å². The number of carbonyl (C=O) groups is 1. The highest BCUT2D eigenvalue weighted by atomic mass is 79.9. The van der Waals surface area contributed by atoms with Crippen LogP contribution in [0.2, 0.25) is 0 Å². The van der Waals surface area contributed by atoms with Crippen molar-refractivity contribution in [2.45, 2.75) is 43.9 Å². The predicted octanol–water partition coefficient (Wildman–Crippen LogP) is 4.38. The summed E-state index contributed by atoms with van der Waals surface area (Å²) in [4.78, 5) is 16.0. The molecule has 4 aliphatic carbocycles. The topological polar surface area (TPSA) is 34.4 Å². The van der Waals surface area contributed by atoms with Crippen LogP contribution in [0.5, 0.6) is 0 Å². The van der Waals surface area contributed by atoms with Gasteiger partial charge in [0.15, 0.2) is 0 Å². The van der Waals surface area contributed by atoms with E-state index in [4.69, 9.17) is 4.98 Å². The standard InChI is InChI=1S/C18H19BrN2O/c19-17-16(20-15-6-11(10-22)1-2-21(15)17)18-7-12-3-13(8-18)5-14(4-12)9-18/h1-2,6,10,12-14H,3-5,7-9H2. The van der Waals surface area contributed by atoms with Gasteiger partial charge in [0, 0.05) is 17.2 Å². The van der Waals surface area contributed by atoms with Gasteiger partial charge in [-0.3, -0.25) is 9.20 Å². The van der Waals surface area contributed by atoms with Crippen molar-refractivity contribution in [2.24, 2.45) is 17.8 Å². The van der Waals surface area contributed by atoms with Crippen LogP contribution in [0.3, 0.4) is 0 Å². The zero-order valence-electron chi connectivity index (χ0n) is 12.5. The lowest BCUT2D eigenvalue weighted by molar-refractivity contribution is -0.00733. The van der Waals surface area contributed by atoms with Crippen LogP contribution >= 0.6 is 15.9 Å². The number of halogens is 1. The van der Waals surface area contributed by atoms with Gasteiger partial charge in [-0.05, 0) is 84.3 Å². The molecule has 0 saturated heterocycles. The Kier molecular flexibility index (Phi) is 2.68. The molecule has 4 heteroatoms. The molecule has 0 spiro atoms. The van der Waals surface area contributed by atoms with Crippen molar-refractivity contribution in [3.8, 4) is 0 Å². The third-order valence-electron chi connectivity index (χ3n) is 6.27. The molecule has 4 aliphatic rings. The first-order valence-electron chi connectivity index (χ1n) is 8.30. The summed E-state index contributed by atoms with van der Waals surface area (Å²) in [5.74, 6) is 2.73. The highest BCUT2D eigenvalue weighted by molar-refractivity contribution is 9.10. The van der Waals surface area contributed by atoms with E-state index < -0.39 is 0 Å². The van der Waals surface area contributed by atoms with Crippen LogP contribution in [0, 0.1) is 17.8 Å². The Morgan fingerprint density at radius 2 is 1.82 bits per heavy atom. The fourth-order valence-electron chi connectivity index (χ4n) is 5.84. The fourth-order valence-corrected chi connectivity index (χ4v) is 6.65. The molecule has 22 heavy (non-hydrogen) atoms. The molecule has 114 valence electrons. The van der Waals surface area contributed by atoms with Crippen molar-refractivity contribution in [2.75, 3.05) is 0 Å². The summed E-state index contributed by atoms with van der Waals surface area (Å²) in [5, 5.41) is 0. The highest BCUT2D eigenvalue weighted by Gasteiger charge is 2.53. The average molecular weight is 359 g/mol. The van der Waals surface area contributed by atoms with Gasteiger partial charge < -0.3 is 0 Å². The molecule has 2 aromatic rings. The second-order valence-electron chi connectivity index (χ2n) is 7.76. The van der Waals surface area contributed by atoms with Crippen LogP contribution in [0.25, 0.3) is 5.65 Å². The van der Waals surface area contributed by atoms with Gasteiger partial charge >= 0.3 is 0 Å². The summed E-state index contributed by atoms with van der Waals surface area (Å²) in [6.45, 7) is 0. The molecule has 4 saturated carbocycles. The number of pyridine rings is 1. The number of fused-ring (bicyclic) bond motifs is 1. The van der Waals surface area contributed by atoms with Gasteiger partial charge in [0.05, 0.1) is 5.69 Å². The van der Waals surface area contributed by atoms with Crippen molar-refractivity contribution in [3.05, 3.63) is 34.2 Å². The zero-order valence-corrected chi connectivity index (χ0v) is 14.1. The van der Waals surface area contributed by atoms with E-state index in [1.165, 1.54) is 44.2 Å². The Balaban J connectivity index is 1.67. The van der Waals surface area contributed by atoms with E-state index >= 15 is 0 Å². The summed E-state index contributed by atoms with van der Waals surface area (Å²) in [7, 11) is 0. The summed E-state index contributed by atoms with van der Waals surface area (Å²) in [6, 6.07) is 3.75. The number of carbonyl (C=O) groups excluding carboxylic acids is 1. The molecule has 0 unspecified atom stereocenters. The number of aldehydes is 1. The number of hydrogen-bond acceptors (Lipinski definition) is 2. The lowest BCUT2D eigenvalue weighted by Gasteiger charge is -2.56. The molecule has 0 aromatic carbocycles. The van der Waals surface area contributed by atoms with Crippen LogP contribution in [0.1, 0.15) is 54.6 Å². The second-order valence-corrected chi connectivity index (χ2v) is 8.51. The number of rotatable bonds is 2. The van der Waals surface area contributed by atoms with Gasteiger partial charge in [0.2, 0.25) is 0 Å². The SMILES string of the molecule is O=Cc1ccn2c(Br)c(C34CC5CC(CC(C5)C3)C4)nc2c1. The normalized spacial score (nSPS) is 36.1. The van der Waals surface area contributed by atoms with Crippen molar-refractivity contribution in [1.82, 2.24) is 9.38 Å². The summed E-state index contributed by atoms with van der Waals surface area (Å²) >= 11 is 3.80. The Morgan fingerprint density at radius 3 is 2.41 bits per heavy atom. The van der Waals surface area contributed by atoms with E-state index in [2.05, 4.69) is 20.3 Å². The second kappa shape index (κ2) is 4.44. The first-order chi connectivity index (χ1) is 10.7. The van der Waals surface area contributed by atoms with Crippen LogP contribution in [0.15, 0.2) is 22.9 Å². The van der Waals surface area contributed by atoms with Crippen LogP contribution < -0.4 is 0 Å². The maximum absolute atomic E-state index is 11.0. The van der Waals surface area contributed by atoms with Crippen molar-refractivity contribution >= 4 is 27.9 Å². The van der Waals surface area contributed by atoms with E-state index in [0.717, 1.165) is 34.3 Å². The smallest absolute Gasteiger partial charge is 0.150 e. The minimum absolute atomic E-state index is 0.279. The number of hydrogen-bond donors (Lipinski definition) is 0. The Bertz CT molecular complexity index is 743. The molecule has 4 bridgehead atoms. The summed E-state index contributed by atoms with van der Waals surface area (Å²) in [5.41, 5.74) is 3.11. The maximum Gasteiger partial charge on any atom is 0.150 e. The molecule has 4 fully saturated rings. The van der Waals surface area contributed by atoms with E-state index in [-0.39, 0.29) is 5.41 Å². The van der Waals surface area contributed by atoms with Gasteiger partial charge in [0.25, 0.3) is 0 Å². The van der Waals surface area contributed by atoms with Gasteiger partial charge in [-0.25, -0.2) is 4.98 Å². The largest absolute Gasteiger partial charge is 0.298 e. The molecule has 0 radical (unpaired) electrons. The number of nitrogens with zero attached hydrogens (tertiary/aromatic N) is 2. The molecule has 0 N–H and O–H groups in total. The zero-order chi connectivity index (χ0) is 14.9. The van der Waals surface area contributed by atoms with E-state index in [0.29, 0.717) is 5.56 Å². The molecule has 2 aromatic heterocycles. The van der Waals surface area contributed by atoms with Gasteiger partial charge in [-0.15, -0.1) is 0 Å². The lowest BCUT2D eigenvalue weighted by atomic mass is 9.49. The van der Waals surface area contributed by atoms with Crippen LogP contribution in [0.4, 0.5) is 0 Å². The molecule has 6 rings (SSSR count). The molecular formula is C18H19BrN2O. The Hall–Kier alpha value is -1.16. The molecule has 0 aliphatic heterocycles. The monoisotopic (exact) mass is 358 g/mol. The molecule has 0 amide bonds. The van der Waals surface area contributed by atoms with Crippen molar-refractivity contribution in [1.29, 1.82) is 0 Å². The van der Waals surface area contributed by atoms with E-state index in [9.17, 15) is 4.79 Å². The first kappa shape index (κ1) is 13.3. The number of aromatic nitrogens is 2. The minimum Gasteiger partial charge on any atom is -0.298 e. The molecular weight excluding hydrogens is 340 g/mol. The summed E-state index contributed by atoms with van der Waals surface area (Å²) in [6.07, 6.45) is 11.1. The van der Waals surface area contributed by atoms with E-state index in [1.54, 1.807) is 0 Å².